The molecular weight excluding hydrogens is 338 g/mol. The predicted molar refractivity (Wildman–Crippen MR) is 124 cm³/mol. The fraction of sp³-hybridized carbons (Fsp3) is 0.333. The van der Waals surface area contributed by atoms with Crippen LogP contribution in [0.3, 0.4) is 0 Å². The molecule has 1 heteroatoms. The first-order valence-electron chi connectivity index (χ1n) is 10.1. The number of fused-ring (bicyclic) bond motifs is 3. The number of nitrogens with zero attached hydrogens (tertiary/aromatic N) is 1. The molecular formula is C27H33N. The smallest absolute Gasteiger partial charge is 0.0488 e. The molecule has 0 aliphatic rings. The zero-order chi connectivity index (χ0) is 20.5. The third-order valence-corrected chi connectivity index (χ3v) is 5.40. The second kappa shape index (κ2) is 7.47. The number of hydrogen-bond acceptors (Lipinski definition) is 0. The molecule has 0 atom stereocenters. The molecule has 146 valence electrons. The minimum absolute atomic E-state index is 0.179. The van der Waals surface area contributed by atoms with Gasteiger partial charge in [0, 0.05) is 28.9 Å². The Morgan fingerprint density at radius 1 is 0.536 bits per heavy atom. The molecule has 4 rings (SSSR count). The fourth-order valence-electron chi connectivity index (χ4n) is 3.54. The van der Waals surface area contributed by atoms with Crippen LogP contribution in [0.5, 0.6) is 0 Å². The van der Waals surface area contributed by atoms with Crippen LogP contribution in [0.1, 0.15) is 52.7 Å². The molecule has 4 aromatic rings. The molecule has 0 aliphatic heterocycles. The average Bonchev–Trinajstić information content (AvgIpc) is 2.94. The minimum Gasteiger partial charge on any atom is -0.344 e. The van der Waals surface area contributed by atoms with Crippen molar-refractivity contribution in [1.82, 2.24) is 4.57 Å². The van der Waals surface area contributed by atoms with E-state index in [4.69, 9.17) is 0 Å². The Hall–Kier alpha value is -2.54. The molecule has 0 fully saturated rings. The Morgan fingerprint density at radius 3 is 1.14 bits per heavy atom. The summed E-state index contributed by atoms with van der Waals surface area (Å²) in [5.41, 5.74) is 5.78. The van der Waals surface area contributed by atoms with Gasteiger partial charge in [-0.05, 0) is 46.2 Å². The lowest BCUT2D eigenvalue weighted by Crippen LogP contribution is -2.10. The maximum Gasteiger partial charge on any atom is 0.0488 e. The van der Waals surface area contributed by atoms with Crippen molar-refractivity contribution in [3.8, 4) is 0 Å². The first-order valence-corrected chi connectivity index (χ1v) is 10.1. The second-order valence-electron chi connectivity index (χ2n) is 9.68. The van der Waals surface area contributed by atoms with Crippen molar-refractivity contribution in [1.29, 1.82) is 0 Å². The summed E-state index contributed by atoms with van der Waals surface area (Å²) in [5, 5.41) is 2.74. The summed E-state index contributed by atoms with van der Waals surface area (Å²) >= 11 is 0. The van der Waals surface area contributed by atoms with E-state index < -0.39 is 0 Å². The molecule has 0 radical (unpaired) electrons. The lowest BCUT2D eigenvalue weighted by Gasteiger charge is -2.19. The van der Waals surface area contributed by atoms with Gasteiger partial charge in [-0.1, -0.05) is 90.1 Å². The van der Waals surface area contributed by atoms with Crippen LogP contribution in [0.15, 0.2) is 72.8 Å². The molecule has 0 spiro atoms. The fourth-order valence-corrected chi connectivity index (χ4v) is 3.54. The number of benzene rings is 3. The molecule has 0 bridgehead atoms. The van der Waals surface area contributed by atoms with Crippen LogP contribution in [0.4, 0.5) is 0 Å². The van der Waals surface area contributed by atoms with Crippen molar-refractivity contribution in [2.24, 2.45) is 7.05 Å². The topological polar surface area (TPSA) is 4.93 Å². The zero-order valence-corrected chi connectivity index (χ0v) is 18.4. The van der Waals surface area contributed by atoms with Gasteiger partial charge in [0.15, 0.2) is 0 Å². The zero-order valence-electron chi connectivity index (χ0n) is 18.4. The largest absolute Gasteiger partial charge is 0.344 e. The van der Waals surface area contributed by atoms with Crippen LogP contribution >= 0.6 is 0 Å². The summed E-state index contributed by atoms with van der Waals surface area (Å²) in [4.78, 5) is 0. The average molecular weight is 372 g/mol. The van der Waals surface area contributed by atoms with Crippen molar-refractivity contribution in [2.75, 3.05) is 0 Å². The standard InChI is InChI=1S/C21H27N.C6H6/c1-20(2,3)14-8-10-18-16(12-14)17-13-15(21(4,5)6)9-11-19(17)22(18)7;1-2-4-6-5-3-1/h8-13H,1-7H3;1-6H. The number of aromatic nitrogens is 1. The highest BCUT2D eigenvalue weighted by Gasteiger charge is 2.18. The molecule has 28 heavy (non-hydrogen) atoms. The molecule has 0 saturated carbocycles. The van der Waals surface area contributed by atoms with E-state index in [0.717, 1.165) is 0 Å². The second-order valence-corrected chi connectivity index (χ2v) is 9.68. The van der Waals surface area contributed by atoms with E-state index in [9.17, 15) is 0 Å². The highest BCUT2D eigenvalue weighted by atomic mass is 14.9. The molecule has 0 aliphatic carbocycles. The van der Waals surface area contributed by atoms with Crippen LogP contribution in [0.2, 0.25) is 0 Å². The predicted octanol–water partition coefficient (Wildman–Crippen LogP) is 7.61. The SMILES string of the molecule is Cn1c2ccc(C(C)(C)C)cc2c2cc(C(C)(C)C)ccc21.c1ccccc1. The Morgan fingerprint density at radius 2 is 0.857 bits per heavy atom. The van der Waals surface area contributed by atoms with Gasteiger partial charge >= 0.3 is 0 Å². The minimum atomic E-state index is 0.179. The van der Waals surface area contributed by atoms with E-state index in [0.29, 0.717) is 0 Å². The van der Waals surface area contributed by atoms with E-state index in [1.807, 2.05) is 36.4 Å². The summed E-state index contributed by atoms with van der Waals surface area (Å²) in [6, 6.07) is 25.8. The van der Waals surface area contributed by atoms with Crippen LogP contribution in [-0.2, 0) is 17.9 Å². The molecule has 0 unspecified atom stereocenters. The monoisotopic (exact) mass is 371 g/mol. The van der Waals surface area contributed by atoms with Gasteiger partial charge in [-0.2, -0.15) is 0 Å². The van der Waals surface area contributed by atoms with Gasteiger partial charge < -0.3 is 4.57 Å². The van der Waals surface area contributed by atoms with Gasteiger partial charge in [-0.3, -0.25) is 0 Å². The van der Waals surface area contributed by atoms with Gasteiger partial charge in [0.2, 0.25) is 0 Å². The Bertz CT molecular complexity index is 973. The summed E-state index contributed by atoms with van der Waals surface area (Å²) in [6.45, 7) is 13.7. The van der Waals surface area contributed by atoms with Gasteiger partial charge in [0.05, 0.1) is 0 Å². The Kier molecular flexibility index (Phi) is 5.39. The van der Waals surface area contributed by atoms with Crippen LogP contribution in [0, 0.1) is 0 Å². The summed E-state index contributed by atoms with van der Waals surface area (Å²) in [5.74, 6) is 0. The third-order valence-electron chi connectivity index (χ3n) is 5.40. The van der Waals surface area contributed by atoms with E-state index >= 15 is 0 Å². The summed E-state index contributed by atoms with van der Waals surface area (Å²) in [7, 11) is 2.16. The van der Waals surface area contributed by atoms with E-state index in [-0.39, 0.29) is 10.8 Å². The molecule has 1 aromatic heterocycles. The highest BCUT2D eigenvalue weighted by molar-refractivity contribution is 6.08. The van der Waals surface area contributed by atoms with Crippen LogP contribution in [0.25, 0.3) is 21.8 Å². The van der Waals surface area contributed by atoms with E-state index in [1.54, 1.807) is 0 Å². The van der Waals surface area contributed by atoms with Gasteiger partial charge in [-0.15, -0.1) is 0 Å². The quantitative estimate of drug-likeness (QED) is 0.300. The molecule has 0 saturated heterocycles. The van der Waals surface area contributed by atoms with Crippen molar-refractivity contribution < 1.29 is 0 Å². The van der Waals surface area contributed by atoms with Gasteiger partial charge in [0.1, 0.15) is 0 Å². The normalized spacial score (nSPS) is 12.1. The number of hydrogen-bond donors (Lipinski definition) is 0. The van der Waals surface area contributed by atoms with Gasteiger partial charge in [0.25, 0.3) is 0 Å². The van der Waals surface area contributed by atoms with Crippen LogP contribution < -0.4 is 0 Å². The maximum atomic E-state index is 2.38. The molecule has 0 N–H and O–H groups in total. The Balaban J connectivity index is 0.000000320. The number of aryl methyl sites for hydroxylation is 1. The lowest BCUT2D eigenvalue weighted by atomic mass is 9.85. The first-order chi connectivity index (χ1) is 13.1. The van der Waals surface area contributed by atoms with Crippen molar-refractivity contribution in [3.05, 3.63) is 83.9 Å². The van der Waals surface area contributed by atoms with Gasteiger partial charge in [-0.25, -0.2) is 0 Å². The Labute approximate surface area is 170 Å². The van der Waals surface area contributed by atoms with E-state index in [2.05, 4.69) is 89.6 Å². The molecule has 0 amide bonds. The molecule has 3 aromatic carbocycles. The van der Waals surface area contributed by atoms with Crippen LogP contribution in [-0.4, -0.2) is 4.57 Å². The molecule has 1 nitrogen and oxygen atoms in total. The maximum absolute atomic E-state index is 2.38. The third kappa shape index (κ3) is 4.14. The summed E-state index contributed by atoms with van der Waals surface area (Å²) in [6.07, 6.45) is 0. The van der Waals surface area contributed by atoms with E-state index in [1.165, 1.54) is 32.9 Å². The molecule has 1 heterocycles. The van der Waals surface area contributed by atoms with Crippen molar-refractivity contribution in [2.45, 2.75) is 52.4 Å². The first kappa shape index (κ1) is 20.2. The lowest BCUT2D eigenvalue weighted by molar-refractivity contribution is 0.590. The summed E-state index contributed by atoms with van der Waals surface area (Å²) < 4.78 is 2.31. The highest BCUT2D eigenvalue weighted by Crippen LogP contribution is 2.35. The van der Waals surface area contributed by atoms with Crippen molar-refractivity contribution in [3.63, 3.8) is 0 Å². The number of rotatable bonds is 0. The van der Waals surface area contributed by atoms with Crippen molar-refractivity contribution >= 4 is 21.8 Å².